The first-order valence-electron chi connectivity index (χ1n) is 7.49. The number of carbonyl (C=O) groups excluding carboxylic acids is 1. The van der Waals surface area contributed by atoms with E-state index in [1.165, 1.54) is 0 Å². The van der Waals surface area contributed by atoms with Gasteiger partial charge in [0.2, 0.25) is 0 Å². The first-order chi connectivity index (χ1) is 9.83. The summed E-state index contributed by atoms with van der Waals surface area (Å²) < 4.78 is 5.55. The van der Waals surface area contributed by atoms with E-state index < -0.39 is 12.1 Å². The van der Waals surface area contributed by atoms with Gasteiger partial charge in [-0.25, -0.2) is 4.79 Å². The van der Waals surface area contributed by atoms with Crippen LogP contribution in [0.15, 0.2) is 30.3 Å². The lowest BCUT2D eigenvalue weighted by atomic mass is 9.85. The van der Waals surface area contributed by atoms with Crippen LogP contribution in [0.3, 0.4) is 0 Å². The van der Waals surface area contributed by atoms with E-state index in [0.717, 1.165) is 12.8 Å². The second kappa shape index (κ2) is 7.44. The molecule has 1 aliphatic rings. The van der Waals surface area contributed by atoms with Crippen molar-refractivity contribution in [1.29, 1.82) is 0 Å². The number of hydrogen-bond donors (Lipinski definition) is 1. The number of hydrogen-bond acceptors (Lipinski definition) is 4. The van der Waals surface area contributed by atoms with Crippen molar-refractivity contribution in [2.75, 3.05) is 7.05 Å². The highest BCUT2D eigenvalue weighted by molar-refractivity contribution is 5.76. The van der Waals surface area contributed by atoms with Crippen molar-refractivity contribution in [3.8, 4) is 0 Å². The molecule has 1 heterocycles. The fourth-order valence-electron chi connectivity index (χ4n) is 2.86. The Labute approximate surface area is 138 Å². The monoisotopic (exact) mass is 326 g/mol. The quantitative estimate of drug-likeness (QED) is 0.763. The first kappa shape index (κ1) is 18.9. The van der Waals surface area contributed by atoms with E-state index in [-0.39, 0.29) is 30.1 Å². The van der Waals surface area contributed by atoms with Gasteiger partial charge in [-0.2, -0.15) is 0 Å². The number of likely N-dealkylation sites (N-methyl/N-ethyl adjacent to an activating group) is 1. The molecule has 1 aliphatic heterocycles. The molecule has 5 heteroatoms. The molecule has 3 unspecified atom stereocenters. The lowest BCUT2D eigenvalue weighted by Gasteiger charge is -2.47. The molecule has 22 heavy (non-hydrogen) atoms. The third-order valence-electron chi connectivity index (χ3n) is 4.75. The standard InChI is InChI=1S/C17H25NO3.ClH/c1-12-14(10-11-17(2,3)18(12)4)21-16(20)15(19)13-8-6-5-7-9-13;/h5-9,12,14-15,19H,10-11H2,1-4H3;1H/p-1. The van der Waals surface area contributed by atoms with Crippen molar-refractivity contribution < 1.29 is 27.0 Å². The third kappa shape index (κ3) is 4.00. The van der Waals surface area contributed by atoms with Crippen LogP contribution in [0.4, 0.5) is 0 Å². The normalized spacial score (nSPS) is 25.9. The number of halogens is 1. The van der Waals surface area contributed by atoms with Crippen LogP contribution >= 0.6 is 0 Å². The Balaban J connectivity index is 0.00000242. The smallest absolute Gasteiger partial charge is 0.339 e. The Morgan fingerprint density at radius 3 is 2.55 bits per heavy atom. The number of esters is 1. The summed E-state index contributed by atoms with van der Waals surface area (Å²) in [5.74, 6) is -0.564. The van der Waals surface area contributed by atoms with E-state index in [1.807, 2.05) is 6.07 Å². The Morgan fingerprint density at radius 2 is 1.95 bits per heavy atom. The molecule has 0 amide bonds. The summed E-state index contributed by atoms with van der Waals surface area (Å²) in [6, 6.07) is 9.04. The molecule has 3 atom stereocenters. The molecule has 1 aromatic carbocycles. The molecule has 2 rings (SSSR count). The van der Waals surface area contributed by atoms with Crippen molar-refractivity contribution >= 4 is 5.97 Å². The van der Waals surface area contributed by atoms with Gasteiger partial charge in [0, 0.05) is 11.6 Å². The number of aliphatic hydroxyl groups excluding tert-OH is 1. The maximum atomic E-state index is 12.1. The predicted molar refractivity (Wildman–Crippen MR) is 81.8 cm³/mol. The van der Waals surface area contributed by atoms with Gasteiger partial charge in [0.1, 0.15) is 6.10 Å². The summed E-state index contributed by atoms with van der Waals surface area (Å²) in [5, 5.41) is 10.1. The molecule has 0 aromatic heterocycles. The first-order valence-corrected chi connectivity index (χ1v) is 7.49. The van der Waals surface area contributed by atoms with Crippen molar-refractivity contribution in [1.82, 2.24) is 4.90 Å². The number of ether oxygens (including phenoxy) is 1. The zero-order chi connectivity index (χ0) is 15.6. The third-order valence-corrected chi connectivity index (χ3v) is 4.75. The number of likely N-dealkylation sites (tertiary alicyclic amines) is 1. The van der Waals surface area contributed by atoms with Gasteiger partial charge < -0.3 is 22.3 Å². The van der Waals surface area contributed by atoms with Gasteiger partial charge in [0.25, 0.3) is 0 Å². The molecular weight excluding hydrogens is 302 g/mol. The fourth-order valence-corrected chi connectivity index (χ4v) is 2.86. The number of piperidine rings is 1. The molecule has 0 radical (unpaired) electrons. The summed E-state index contributed by atoms with van der Waals surface area (Å²) in [6.45, 7) is 6.45. The number of benzene rings is 1. The summed E-state index contributed by atoms with van der Waals surface area (Å²) in [5.41, 5.74) is 0.681. The van der Waals surface area contributed by atoms with Crippen LogP contribution in [0, 0.1) is 0 Å². The second-order valence-electron chi connectivity index (χ2n) is 6.49. The van der Waals surface area contributed by atoms with Crippen molar-refractivity contribution in [3.05, 3.63) is 35.9 Å². The van der Waals surface area contributed by atoms with E-state index in [9.17, 15) is 9.90 Å². The minimum Gasteiger partial charge on any atom is -1.00 e. The fraction of sp³-hybridized carbons (Fsp3) is 0.588. The number of carbonyl (C=O) groups is 1. The van der Waals surface area contributed by atoms with Gasteiger partial charge in [-0.15, -0.1) is 0 Å². The van der Waals surface area contributed by atoms with Gasteiger partial charge in [-0.1, -0.05) is 30.3 Å². The van der Waals surface area contributed by atoms with Gasteiger partial charge in [0.15, 0.2) is 6.10 Å². The predicted octanol–water partition coefficient (Wildman–Crippen LogP) is -0.471. The van der Waals surface area contributed by atoms with E-state index in [0.29, 0.717) is 5.56 Å². The Kier molecular flexibility index (Phi) is 6.41. The molecule has 4 nitrogen and oxygen atoms in total. The average molecular weight is 327 g/mol. The molecule has 0 bridgehead atoms. The zero-order valence-corrected chi connectivity index (χ0v) is 14.4. The van der Waals surface area contributed by atoms with Gasteiger partial charge in [-0.3, -0.25) is 4.90 Å². The van der Waals surface area contributed by atoms with E-state index in [1.54, 1.807) is 24.3 Å². The molecule has 1 fully saturated rings. The maximum absolute atomic E-state index is 12.1. The van der Waals surface area contributed by atoms with E-state index in [4.69, 9.17) is 4.74 Å². The number of nitrogens with zero attached hydrogens (tertiary/aromatic N) is 1. The molecule has 1 N–H and O–H groups in total. The van der Waals surface area contributed by atoms with Gasteiger partial charge >= 0.3 is 5.97 Å². The minimum absolute atomic E-state index is 0. The van der Waals surface area contributed by atoms with Crippen LogP contribution in [0.5, 0.6) is 0 Å². The van der Waals surface area contributed by atoms with Crippen LogP contribution in [0.2, 0.25) is 0 Å². The largest absolute Gasteiger partial charge is 1.00 e. The molecule has 124 valence electrons. The molecule has 1 saturated heterocycles. The molecule has 1 aromatic rings. The number of rotatable bonds is 3. The highest BCUT2D eigenvalue weighted by atomic mass is 35.5. The van der Waals surface area contributed by atoms with Crippen LogP contribution in [-0.2, 0) is 9.53 Å². The van der Waals surface area contributed by atoms with Crippen molar-refractivity contribution in [2.24, 2.45) is 0 Å². The molecule has 0 aliphatic carbocycles. The Morgan fingerprint density at radius 1 is 1.36 bits per heavy atom. The summed E-state index contributed by atoms with van der Waals surface area (Å²) >= 11 is 0. The molecule has 0 spiro atoms. The summed E-state index contributed by atoms with van der Waals surface area (Å²) in [6.07, 6.45) is 0.409. The van der Waals surface area contributed by atoms with Crippen molar-refractivity contribution in [3.63, 3.8) is 0 Å². The molecular formula is C17H25ClNO3-. The average Bonchev–Trinajstić information content (AvgIpc) is 2.48. The van der Waals surface area contributed by atoms with Crippen LogP contribution in [0.1, 0.15) is 45.3 Å². The maximum Gasteiger partial charge on any atom is 0.339 e. The van der Waals surface area contributed by atoms with Gasteiger partial charge in [-0.05, 0) is 46.2 Å². The topological polar surface area (TPSA) is 49.8 Å². The summed E-state index contributed by atoms with van der Waals surface area (Å²) in [4.78, 5) is 14.4. The second-order valence-corrected chi connectivity index (χ2v) is 6.49. The lowest BCUT2D eigenvalue weighted by molar-refractivity contribution is -0.168. The minimum atomic E-state index is -1.21. The highest BCUT2D eigenvalue weighted by Gasteiger charge is 2.39. The van der Waals surface area contributed by atoms with Gasteiger partial charge in [0.05, 0.1) is 0 Å². The molecule has 0 saturated carbocycles. The Bertz CT molecular complexity index is 492. The zero-order valence-electron chi connectivity index (χ0n) is 13.6. The van der Waals surface area contributed by atoms with Crippen LogP contribution in [-0.4, -0.2) is 40.7 Å². The summed E-state index contributed by atoms with van der Waals surface area (Å²) in [7, 11) is 2.05. The Hall–Kier alpha value is -1.10. The SMILES string of the molecule is CC1C(OC(=O)C(O)c2ccccc2)CCC(C)(C)N1C.[Cl-]. The number of aliphatic hydroxyl groups is 1. The van der Waals surface area contributed by atoms with Crippen LogP contribution < -0.4 is 12.4 Å². The van der Waals surface area contributed by atoms with E-state index in [2.05, 4.69) is 32.7 Å². The van der Waals surface area contributed by atoms with E-state index >= 15 is 0 Å². The highest BCUT2D eigenvalue weighted by Crippen LogP contribution is 2.32. The lowest BCUT2D eigenvalue weighted by Crippen LogP contribution is -3.00. The van der Waals surface area contributed by atoms with Crippen LogP contribution in [0.25, 0.3) is 0 Å². The van der Waals surface area contributed by atoms with Crippen molar-refractivity contribution in [2.45, 2.75) is 57.4 Å².